The van der Waals surface area contributed by atoms with Crippen LogP contribution in [-0.2, 0) is 7.05 Å². The largest absolute Gasteiger partial charge is 0.504 e. The Morgan fingerprint density at radius 3 is 2.69 bits per heavy atom. The number of aromatic hydroxyl groups is 1. The molecule has 0 unspecified atom stereocenters. The van der Waals surface area contributed by atoms with E-state index in [9.17, 15) is 5.11 Å². The fourth-order valence-corrected chi connectivity index (χ4v) is 2.02. The van der Waals surface area contributed by atoms with Gasteiger partial charge in [0.2, 0.25) is 0 Å². The highest BCUT2D eigenvalue weighted by atomic mass is 32.2. The molecule has 0 bridgehead atoms. The Balaban J connectivity index is 2.54. The van der Waals surface area contributed by atoms with Crippen molar-refractivity contribution < 1.29 is 5.11 Å². The normalized spacial score (nSPS) is 10.7. The summed E-state index contributed by atoms with van der Waals surface area (Å²) in [6.45, 7) is 1.85. The summed E-state index contributed by atoms with van der Waals surface area (Å²) < 4.78 is 1.69. The highest BCUT2D eigenvalue weighted by molar-refractivity contribution is 7.98. The smallest absolute Gasteiger partial charge is 0.164 e. The van der Waals surface area contributed by atoms with Gasteiger partial charge in [0.25, 0.3) is 0 Å². The Bertz CT molecular complexity index is 520. The van der Waals surface area contributed by atoms with Crippen LogP contribution in [0.2, 0.25) is 0 Å². The van der Waals surface area contributed by atoms with E-state index >= 15 is 0 Å². The molecule has 0 aliphatic carbocycles. The second-order valence-corrected chi connectivity index (χ2v) is 4.52. The van der Waals surface area contributed by atoms with Crippen molar-refractivity contribution in [3.05, 3.63) is 30.0 Å². The summed E-state index contributed by atoms with van der Waals surface area (Å²) in [6.07, 6.45) is 2.03. The Morgan fingerprint density at radius 2 is 2.12 bits per heavy atom. The molecule has 0 aliphatic rings. The van der Waals surface area contributed by atoms with Crippen molar-refractivity contribution >= 4 is 11.8 Å². The maximum Gasteiger partial charge on any atom is 0.164 e. The van der Waals surface area contributed by atoms with Crippen LogP contribution >= 0.6 is 11.8 Å². The minimum atomic E-state index is 0.265. The fourth-order valence-electron chi connectivity index (χ4n) is 1.56. The van der Waals surface area contributed by atoms with Crippen molar-refractivity contribution in [2.75, 3.05) is 6.26 Å². The Labute approximate surface area is 99.1 Å². The number of aromatic nitrogens is 2. The van der Waals surface area contributed by atoms with Crippen LogP contribution in [0.25, 0.3) is 11.3 Å². The summed E-state index contributed by atoms with van der Waals surface area (Å²) in [6, 6.07) is 8.01. The van der Waals surface area contributed by atoms with Crippen molar-refractivity contribution in [1.29, 1.82) is 0 Å². The van der Waals surface area contributed by atoms with Crippen molar-refractivity contribution in [2.24, 2.45) is 7.05 Å². The number of rotatable bonds is 2. The summed E-state index contributed by atoms with van der Waals surface area (Å²) in [5.41, 5.74) is 2.38. The summed E-state index contributed by atoms with van der Waals surface area (Å²) in [5.74, 6) is 0.265. The average Bonchev–Trinajstić information content (AvgIpc) is 2.57. The number of hydrogen-bond acceptors (Lipinski definition) is 3. The number of benzene rings is 1. The van der Waals surface area contributed by atoms with E-state index in [4.69, 9.17) is 0 Å². The van der Waals surface area contributed by atoms with Crippen LogP contribution in [0.4, 0.5) is 0 Å². The van der Waals surface area contributed by atoms with Crippen LogP contribution in [0.5, 0.6) is 5.75 Å². The van der Waals surface area contributed by atoms with Gasteiger partial charge in [-0.25, -0.2) is 0 Å². The first kappa shape index (κ1) is 11.1. The molecule has 0 amide bonds. The van der Waals surface area contributed by atoms with Gasteiger partial charge >= 0.3 is 0 Å². The van der Waals surface area contributed by atoms with Crippen LogP contribution in [0.15, 0.2) is 29.2 Å². The van der Waals surface area contributed by atoms with E-state index in [-0.39, 0.29) is 5.75 Å². The summed E-state index contributed by atoms with van der Waals surface area (Å²) in [4.78, 5) is 1.17. The maximum absolute atomic E-state index is 9.95. The molecule has 0 fully saturated rings. The minimum absolute atomic E-state index is 0.265. The van der Waals surface area contributed by atoms with E-state index in [0.29, 0.717) is 5.69 Å². The van der Waals surface area contributed by atoms with Gasteiger partial charge in [-0.05, 0) is 25.3 Å². The van der Waals surface area contributed by atoms with E-state index in [1.165, 1.54) is 4.90 Å². The van der Waals surface area contributed by atoms with Crippen molar-refractivity contribution in [3.63, 3.8) is 0 Å². The van der Waals surface area contributed by atoms with Crippen molar-refractivity contribution in [1.82, 2.24) is 9.78 Å². The van der Waals surface area contributed by atoms with E-state index < -0.39 is 0 Å². The standard InChI is InChI=1S/C12H14N2OS/c1-8-12(15)11(13-14(8)2)9-5-4-6-10(7-9)16-3/h4-7,15H,1-3H3. The van der Waals surface area contributed by atoms with Gasteiger partial charge in [-0.1, -0.05) is 12.1 Å². The molecule has 16 heavy (non-hydrogen) atoms. The first-order chi connectivity index (χ1) is 7.63. The molecule has 0 radical (unpaired) electrons. The van der Waals surface area contributed by atoms with Gasteiger partial charge in [-0.2, -0.15) is 5.10 Å². The van der Waals surface area contributed by atoms with Crippen LogP contribution < -0.4 is 0 Å². The third kappa shape index (κ3) is 1.80. The lowest BCUT2D eigenvalue weighted by Gasteiger charge is -2.00. The molecular weight excluding hydrogens is 220 g/mol. The third-order valence-corrected chi connectivity index (χ3v) is 3.37. The fraction of sp³-hybridized carbons (Fsp3) is 0.250. The number of thioether (sulfide) groups is 1. The van der Waals surface area contributed by atoms with Crippen molar-refractivity contribution in [3.8, 4) is 17.0 Å². The molecule has 4 heteroatoms. The first-order valence-corrected chi connectivity index (χ1v) is 6.23. The second-order valence-electron chi connectivity index (χ2n) is 3.64. The zero-order chi connectivity index (χ0) is 11.7. The summed E-state index contributed by atoms with van der Waals surface area (Å²) in [5, 5.41) is 14.3. The van der Waals surface area contributed by atoms with Gasteiger partial charge < -0.3 is 5.11 Å². The highest BCUT2D eigenvalue weighted by Gasteiger charge is 2.13. The van der Waals surface area contributed by atoms with E-state index in [2.05, 4.69) is 5.10 Å². The highest BCUT2D eigenvalue weighted by Crippen LogP contribution is 2.32. The Morgan fingerprint density at radius 1 is 1.38 bits per heavy atom. The zero-order valence-corrected chi connectivity index (χ0v) is 10.4. The molecule has 84 valence electrons. The molecule has 1 N–H and O–H groups in total. The predicted octanol–water partition coefficient (Wildman–Crippen LogP) is 2.82. The topological polar surface area (TPSA) is 38.0 Å². The second kappa shape index (κ2) is 4.22. The van der Waals surface area contributed by atoms with Gasteiger partial charge in [0.05, 0.1) is 5.69 Å². The summed E-state index contributed by atoms with van der Waals surface area (Å²) >= 11 is 1.68. The van der Waals surface area contributed by atoms with Crippen molar-refractivity contribution in [2.45, 2.75) is 11.8 Å². The third-order valence-electron chi connectivity index (χ3n) is 2.65. The van der Waals surface area contributed by atoms with Gasteiger partial charge in [-0.3, -0.25) is 4.68 Å². The molecule has 0 aliphatic heterocycles. The molecule has 0 atom stereocenters. The average molecular weight is 234 g/mol. The molecule has 1 aromatic heterocycles. The van der Waals surface area contributed by atoms with Crippen LogP contribution in [-0.4, -0.2) is 21.1 Å². The Hall–Kier alpha value is -1.42. The lowest BCUT2D eigenvalue weighted by atomic mass is 10.1. The van der Waals surface area contributed by atoms with Gasteiger partial charge in [0, 0.05) is 17.5 Å². The molecule has 0 saturated heterocycles. The van der Waals surface area contributed by atoms with Crippen LogP contribution in [0.1, 0.15) is 5.69 Å². The number of hydrogen-bond donors (Lipinski definition) is 1. The molecule has 2 aromatic rings. The zero-order valence-electron chi connectivity index (χ0n) is 9.56. The minimum Gasteiger partial charge on any atom is -0.504 e. The molecule has 0 spiro atoms. The lowest BCUT2D eigenvalue weighted by molar-refractivity contribution is 0.471. The van der Waals surface area contributed by atoms with Crippen LogP contribution in [0.3, 0.4) is 0 Å². The maximum atomic E-state index is 9.95. The molecule has 0 saturated carbocycles. The SMILES string of the molecule is CSc1cccc(-c2nn(C)c(C)c2O)c1. The molecule has 2 rings (SSSR count). The Kier molecular flexibility index (Phi) is 2.92. The number of nitrogens with zero attached hydrogens (tertiary/aromatic N) is 2. The van der Waals surface area contributed by atoms with Gasteiger partial charge in [0.15, 0.2) is 5.75 Å². The van der Waals surface area contributed by atoms with E-state index in [1.54, 1.807) is 16.4 Å². The van der Waals surface area contributed by atoms with E-state index in [1.807, 2.05) is 44.5 Å². The van der Waals surface area contributed by atoms with Gasteiger partial charge in [0.1, 0.15) is 5.69 Å². The number of aryl methyl sites for hydroxylation is 1. The molecule has 1 heterocycles. The summed E-state index contributed by atoms with van der Waals surface area (Å²) in [7, 11) is 1.83. The molecule has 3 nitrogen and oxygen atoms in total. The van der Waals surface area contributed by atoms with Gasteiger partial charge in [-0.15, -0.1) is 11.8 Å². The predicted molar refractivity (Wildman–Crippen MR) is 66.8 cm³/mol. The monoisotopic (exact) mass is 234 g/mol. The molecule has 1 aromatic carbocycles. The lowest BCUT2D eigenvalue weighted by Crippen LogP contribution is -1.92. The first-order valence-electron chi connectivity index (χ1n) is 5.00. The quantitative estimate of drug-likeness (QED) is 0.812. The van der Waals surface area contributed by atoms with E-state index in [0.717, 1.165) is 11.3 Å². The molecular formula is C12H14N2OS. The van der Waals surface area contributed by atoms with Crippen LogP contribution in [0, 0.1) is 6.92 Å².